The van der Waals surface area contributed by atoms with Crippen LogP contribution in [0.1, 0.15) is 22.3 Å². The molecule has 1 heterocycles. The van der Waals surface area contributed by atoms with Crippen molar-refractivity contribution < 1.29 is 9.53 Å². The minimum Gasteiger partial charge on any atom is -0.491 e. The van der Waals surface area contributed by atoms with Crippen LogP contribution < -0.4 is 4.74 Å². The van der Waals surface area contributed by atoms with Crippen molar-refractivity contribution in [2.75, 3.05) is 6.61 Å². The molecule has 1 aliphatic heterocycles. The van der Waals surface area contributed by atoms with Crippen LogP contribution in [-0.4, -0.2) is 12.4 Å². The molecule has 1 aromatic rings. The molecule has 0 saturated carbocycles. The number of Topliss-reactive ketones (excluding diaryl/α,β-unsaturated/α-hetero) is 1. The van der Waals surface area contributed by atoms with Gasteiger partial charge in [-0.2, -0.15) is 5.26 Å². The number of carbonyl (C=O) groups excluding carboxylic acids is 1. The Labute approximate surface area is 94.8 Å². The van der Waals surface area contributed by atoms with E-state index < -0.39 is 0 Å². The average Bonchev–Trinajstić information content (AvgIpc) is 2.18. The Morgan fingerprint density at radius 3 is 3.00 bits per heavy atom. The molecule has 2 rings (SSSR count). The van der Waals surface area contributed by atoms with Crippen LogP contribution in [0.25, 0.3) is 0 Å². The number of halogens is 1. The van der Waals surface area contributed by atoms with E-state index in [1.165, 1.54) is 0 Å². The van der Waals surface area contributed by atoms with Gasteiger partial charge in [0.05, 0.1) is 12.2 Å². The quantitative estimate of drug-likeness (QED) is 0.690. The van der Waals surface area contributed by atoms with Crippen LogP contribution in [0.15, 0.2) is 12.1 Å². The Hall–Kier alpha value is -1.09. The van der Waals surface area contributed by atoms with E-state index in [0.29, 0.717) is 29.9 Å². The second-order valence-corrected chi connectivity index (χ2v) is 4.09. The van der Waals surface area contributed by atoms with Crippen LogP contribution in [0.3, 0.4) is 0 Å². The molecule has 4 heteroatoms. The van der Waals surface area contributed by atoms with E-state index in [9.17, 15) is 4.79 Å². The van der Waals surface area contributed by atoms with E-state index in [-0.39, 0.29) is 5.78 Å². The zero-order valence-electron chi connectivity index (χ0n) is 7.21. The van der Waals surface area contributed by atoms with Crippen LogP contribution in [0, 0.1) is 14.9 Å². The Bertz CT molecular complexity index is 448. The fourth-order valence-corrected chi connectivity index (χ4v) is 1.96. The molecule has 1 aromatic carbocycles. The van der Waals surface area contributed by atoms with Gasteiger partial charge in [0.25, 0.3) is 0 Å². The molecule has 0 amide bonds. The molecular formula is C10H6INO2. The predicted molar refractivity (Wildman–Crippen MR) is 58.3 cm³/mol. The number of hydrogen-bond donors (Lipinski definition) is 0. The van der Waals surface area contributed by atoms with Crippen molar-refractivity contribution in [3.05, 3.63) is 26.8 Å². The summed E-state index contributed by atoms with van der Waals surface area (Å²) < 4.78 is 6.17. The fraction of sp³-hybridized carbons (Fsp3) is 0.200. The molecule has 1 aliphatic rings. The molecule has 0 spiro atoms. The second-order valence-electron chi connectivity index (χ2n) is 2.93. The third-order valence-corrected chi connectivity index (χ3v) is 2.99. The number of carbonyl (C=O) groups is 1. The first-order valence-electron chi connectivity index (χ1n) is 4.12. The van der Waals surface area contributed by atoms with Crippen molar-refractivity contribution in [1.82, 2.24) is 0 Å². The minimum absolute atomic E-state index is 0.0548. The topological polar surface area (TPSA) is 50.1 Å². The van der Waals surface area contributed by atoms with Gasteiger partial charge in [0.1, 0.15) is 17.4 Å². The highest BCUT2D eigenvalue weighted by atomic mass is 127. The summed E-state index contributed by atoms with van der Waals surface area (Å²) in [7, 11) is 0. The lowest BCUT2D eigenvalue weighted by Gasteiger charge is -2.17. The zero-order chi connectivity index (χ0) is 10.1. The van der Waals surface area contributed by atoms with E-state index in [1.54, 1.807) is 12.1 Å². The molecule has 0 bridgehead atoms. The molecular weight excluding hydrogens is 293 g/mol. The van der Waals surface area contributed by atoms with Crippen molar-refractivity contribution in [1.29, 1.82) is 5.26 Å². The number of ether oxygens (including phenoxy) is 1. The van der Waals surface area contributed by atoms with Crippen LogP contribution in [-0.2, 0) is 0 Å². The van der Waals surface area contributed by atoms with Gasteiger partial charge in [0.15, 0.2) is 5.78 Å². The molecule has 14 heavy (non-hydrogen) atoms. The Balaban J connectivity index is 2.69. The minimum atomic E-state index is 0.0548. The monoisotopic (exact) mass is 299 g/mol. The molecule has 0 aliphatic carbocycles. The summed E-state index contributed by atoms with van der Waals surface area (Å²) in [5, 5.41) is 8.91. The smallest absolute Gasteiger partial charge is 0.170 e. The Morgan fingerprint density at radius 2 is 2.29 bits per heavy atom. The SMILES string of the molecule is N#Cc1c(I)ccc2c1OCCC2=O. The van der Waals surface area contributed by atoms with E-state index in [2.05, 4.69) is 28.7 Å². The van der Waals surface area contributed by atoms with Gasteiger partial charge in [-0.25, -0.2) is 0 Å². The predicted octanol–water partition coefficient (Wildman–Crippen LogP) is 2.13. The van der Waals surface area contributed by atoms with Gasteiger partial charge in [-0.3, -0.25) is 4.79 Å². The van der Waals surface area contributed by atoms with Crippen molar-refractivity contribution in [2.45, 2.75) is 6.42 Å². The summed E-state index contributed by atoms with van der Waals surface area (Å²) in [5.74, 6) is 0.509. The van der Waals surface area contributed by atoms with Gasteiger partial charge in [-0.1, -0.05) is 0 Å². The summed E-state index contributed by atoms with van der Waals surface area (Å²) in [6.07, 6.45) is 0.401. The largest absolute Gasteiger partial charge is 0.491 e. The van der Waals surface area contributed by atoms with Gasteiger partial charge in [0.2, 0.25) is 0 Å². The summed E-state index contributed by atoms with van der Waals surface area (Å²) in [4.78, 5) is 11.5. The molecule has 0 unspecified atom stereocenters. The molecule has 0 aromatic heterocycles. The van der Waals surface area contributed by atoms with Crippen LogP contribution in [0.5, 0.6) is 5.75 Å². The number of rotatable bonds is 0. The van der Waals surface area contributed by atoms with Crippen molar-refractivity contribution in [3.63, 3.8) is 0 Å². The third kappa shape index (κ3) is 1.38. The lowest BCUT2D eigenvalue weighted by molar-refractivity contribution is 0.0933. The van der Waals surface area contributed by atoms with Crippen molar-refractivity contribution in [3.8, 4) is 11.8 Å². The lowest BCUT2D eigenvalue weighted by Crippen LogP contribution is -2.16. The van der Waals surface area contributed by atoms with E-state index in [4.69, 9.17) is 10.00 Å². The highest BCUT2D eigenvalue weighted by Gasteiger charge is 2.22. The maximum absolute atomic E-state index is 11.5. The molecule has 0 atom stereocenters. The van der Waals surface area contributed by atoms with Gasteiger partial charge >= 0.3 is 0 Å². The van der Waals surface area contributed by atoms with Gasteiger partial charge in [-0.15, -0.1) is 0 Å². The zero-order valence-corrected chi connectivity index (χ0v) is 9.37. The fourth-order valence-electron chi connectivity index (χ4n) is 1.41. The molecule has 70 valence electrons. The van der Waals surface area contributed by atoms with Gasteiger partial charge < -0.3 is 4.74 Å². The summed E-state index contributed by atoms with van der Waals surface area (Å²) in [6, 6.07) is 5.55. The Kier molecular flexibility index (Phi) is 2.42. The van der Waals surface area contributed by atoms with Crippen molar-refractivity contribution >= 4 is 28.4 Å². The first-order chi connectivity index (χ1) is 6.74. The molecule has 3 nitrogen and oxygen atoms in total. The number of hydrogen-bond acceptors (Lipinski definition) is 3. The summed E-state index contributed by atoms with van der Waals surface area (Å²) in [5.41, 5.74) is 1.00. The third-order valence-electron chi connectivity index (χ3n) is 2.09. The first kappa shape index (κ1) is 9.46. The van der Waals surface area contributed by atoms with Gasteiger partial charge in [0, 0.05) is 9.99 Å². The summed E-state index contributed by atoms with van der Waals surface area (Å²) >= 11 is 2.06. The van der Waals surface area contributed by atoms with E-state index >= 15 is 0 Å². The first-order valence-corrected chi connectivity index (χ1v) is 5.20. The molecule has 0 radical (unpaired) electrons. The van der Waals surface area contributed by atoms with Crippen LogP contribution >= 0.6 is 22.6 Å². The Morgan fingerprint density at radius 1 is 1.50 bits per heavy atom. The average molecular weight is 299 g/mol. The second kappa shape index (κ2) is 3.58. The maximum atomic E-state index is 11.5. The van der Waals surface area contributed by atoms with E-state index in [1.807, 2.05) is 0 Å². The highest BCUT2D eigenvalue weighted by molar-refractivity contribution is 14.1. The van der Waals surface area contributed by atoms with E-state index in [0.717, 1.165) is 3.57 Å². The lowest BCUT2D eigenvalue weighted by atomic mass is 10.0. The molecule has 0 fully saturated rings. The normalized spacial score (nSPS) is 14.1. The number of fused-ring (bicyclic) bond motifs is 1. The van der Waals surface area contributed by atoms with Gasteiger partial charge in [-0.05, 0) is 34.7 Å². The standard InChI is InChI=1S/C10H6INO2/c11-8-2-1-6-9(13)3-4-14-10(6)7(8)5-12/h1-2H,3-4H2. The number of nitriles is 1. The van der Waals surface area contributed by atoms with Crippen LogP contribution in [0.4, 0.5) is 0 Å². The maximum Gasteiger partial charge on any atom is 0.170 e. The number of benzene rings is 1. The summed E-state index contributed by atoms with van der Waals surface area (Å²) in [6.45, 7) is 0.376. The van der Waals surface area contributed by atoms with Crippen LogP contribution in [0.2, 0.25) is 0 Å². The number of ketones is 1. The molecule has 0 N–H and O–H groups in total. The highest BCUT2D eigenvalue weighted by Crippen LogP contribution is 2.31. The van der Waals surface area contributed by atoms with Crippen molar-refractivity contribution in [2.24, 2.45) is 0 Å². The number of nitrogens with zero attached hydrogens (tertiary/aromatic N) is 1. The molecule has 0 saturated heterocycles.